The van der Waals surface area contributed by atoms with E-state index in [1.54, 1.807) is 12.1 Å². The third-order valence-electron chi connectivity index (χ3n) is 0.969. The van der Waals surface area contributed by atoms with Crippen LogP contribution in [0.15, 0.2) is 24.3 Å². The molecule has 0 aliphatic carbocycles. The minimum atomic E-state index is -0.327. The zero-order chi connectivity index (χ0) is 6.69. The Labute approximate surface area is 53.3 Å². The van der Waals surface area contributed by atoms with E-state index in [-0.39, 0.29) is 5.82 Å². The summed E-state index contributed by atoms with van der Waals surface area (Å²) in [5.74, 6) is 1.75. The molecule has 1 radical (unpaired) electrons. The van der Waals surface area contributed by atoms with Crippen LogP contribution in [0.3, 0.4) is 0 Å². The SMILES string of the molecule is [C]#Cc1cccc(F)c1. The third-order valence-corrected chi connectivity index (χ3v) is 0.969. The highest BCUT2D eigenvalue weighted by Crippen LogP contribution is 2.00. The molecule has 0 heterocycles. The fourth-order valence-corrected chi connectivity index (χ4v) is 0.566. The second-order valence-corrected chi connectivity index (χ2v) is 1.64. The van der Waals surface area contributed by atoms with Crippen molar-refractivity contribution in [2.24, 2.45) is 0 Å². The molecular weight excluding hydrogens is 115 g/mol. The van der Waals surface area contributed by atoms with E-state index in [1.165, 1.54) is 12.1 Å². The first-order valence-electron chi connectivity index (χ1n) is 2.51. The third kappa shape index (κ3) is 1.30. The van der Waals surface area contributed by atoms with Crippen LogP contribution in [0.1, 0.15) is 5.56 Å². The van der Waals surface area contributed by atoms with Gasteiger partial charge in [0.05, 0.1) is 0 Å². The highest BCUT2D eigenvalue weighted by molar-refractivity contribution is 5.29. The van der Waals surface area contributed by atoms with E-state index >= 15 is 0 Å². The Morgan fingerprint density at radius 3 is 2.67 bits per heavy atom. The minimum Gasteiger partial charge on any atom is -0.207 e. The molecule has 0 aliphatic rings. The minimum absolute atomic E-state index is 0.327. The molecule has 0 spiro atoms. The molecule has 0 atom stereocenters. The van der Waals surface area contributed by atoms with Crippen LogP contribution >= 0.6 is 0 Å². The van der Waals surface area contributed by atoms with Crippen LogP contribution in [-0.2, 0) is 0 Å². The van der Waals surface area contributed by atoms with E-state index in [9.17, 15) is 4.39 Å². The lowest BCUT2D eigenvalue weighted by Gasteiger charge is -1.86. The van der Waals surface area contributed by atoms with Crippen molar-refractivity contribution in [3.63, 3.8) is 0 Å². The van der Waals surface area contributed by atoms with Gasteiger partial charge >= 0.3 is 0 Å². The van der Waals surface area contributed by atoms with Crippen LogP contribution < -0.4 is 0 Å². The molecule has 0 saturated heterocycles. The van der Waals surface area contributed by atoms with Gasteiger partial charge in [0, 0.05) is 5.56 Å². The molecule has 1 rings (SSSR count). The summed E-state index contributed by atoms with van der Waals surface area (Å²) in [6.45, 7) is 0. The maximum atomic E-state index is 12.2. The summed E-state index contributed by atoms with van der Waals surface area (Å²) >= 11 is 0. The predicted octanol–water partition coefficient (Wildman–Crippen LogP) is 1.76. The average molecular weight is 119 g/mol. The molecule has 0 nitrogen and oxygen atoms in total. The highest BCUT2D eigenvalue weighted by Gasteiger charge is 1.87. The quantitative estimate of drug-likeness (QED) is 0.456. The van der Waals surface area contributed by atoms with Crippen molar-refractivity contribution in [1.29, 1.82) is 0 Å². The van der Waals surface area contributed by atoms with Crippen LogP contribution in [0.2, 0.25) is 0 Å². The van der Waals surface area contributed by atoms with Crippen molar-refractivity contribution in [3.8, 4) is 5.92 Å². The van der Waals surface area contributed by atoms with Gasteiger partial charge in [0.15, 0.2) is 0 Å². The Hall–Kier alpha value is -1.29. The van der Waals surface area contributed by atoms with Gasteiger partial charge in [-0.05, 0) is 24.6 Å². The summed E-state index contributed by atoms with van der Waals surface area (Å²) in [7, 11) is 0. The largest absolute Gasteiger partial charge is 0.207 e. The maximum absolute atomic E-state index is 12.2. The van der Waals surface area contributed by atoms with Crippen molar-refractivity contribution in [3.05, 3.63) is 42.1 Å². The van der Waals surface area contributed by atoms with E-state index in [0.29, 0.717) is 5.56 Å². The van der Waals surface area contributed by atoms with Gasteiger partial charge in [0.2, 0.25) is 0 Å². The lowest BCUT2D eigenvalue weighted by Crippen LogP contribution is -1.74. The monoisotopic (exact) mass is 119 g/mol. The second kappa shape index (κ2) is 2.32. The van der Waals surface area contributed by atoms with Crippen LogP contribution in [0, 0.1) is 18.2 Å². The molecule has 0 saturated carbocycles. The Morgan fingerprint density at radius 1 is 1.44 bits per heavy atom. The summed E-state index contributed by atoms with van der Waals surface area (Å²) < 4.78 is 12.2. The first-order chi connectivity index (χ1) is 4.33. The van der Waals surface area contributed by atoms with Crippen LogP contribution in [0.5, 0.6) is 0 Å². The number of rotatable bonds is 0. The van der Waals surface area contributed by atoms with Gasteiger partial charge in [-0.15, -0.1) is 0 Å². The Bertz CT molecular complexity index is 245. The Balaban J connectivity index is 3.12. The Morgan fingerprint density at radius 2 is 2.22 bits per heavy atom. The summed E-state index contributed by atoms with van der Waals surface area (Å²) in [6.07, 6.45) is 6.62. The number of benzene rings is 1. The van der Waals surface area contributed by atoms with Gasteiger partial charge in [-0.1, -0.05) is 12.0 Å². The maximum Gasteiger partial charge on any atom is 0.124 e. The summed E-state index contributed by atoms with van der Waals surface area (Å²) in [5.41, 5.74) is 0.468. The van der Waals surface area contributed by atoms with E-state index in [4.69, 9.17) is 6.42 Å². The van der Waals surface area contributed by atoms with Gasteiger partial charge in [-0.2, -0.15) is 0 Å². The van der Waals surface area contributed by atoms with Crippen molar-refractivity contribution in [1.82, 2.24) is 0 Å². The molecule has 0 unspecified atom stereocenters. The topological polar surface area (TPSA) is 0 Å². The van der Waals surface area contributed by atoms with Gasteiger partial charge in [0.1, 0.15) is 5.82 Å². The molecule has 0 aliphatic heterocycles. The van der Waals surface area contributed by atoms with Gasteiger partial charge < -0.3 is 0 Å². The zero-order valence-corrected chi connectivity index (χ0v) is 4.69. The van der Waals surface area contributed by atoms with E-state index in [1.807, 2.05) is 0 Å². The molecule has 9 heavy (non-hydrogen) atoms. The molecule has 0 bridgehead atoms. The molecule has 0 fully saturated rings. The molecular formula is C8H4F. The van der Waals surface area contributed by atoms with Crippen molar-refractivity contribution < 1.29 is 4.39 Å². The number of hydrogen-bond donors (Lipinski definition) is 0. The second-order valence-electron chi connectivity index (χ2n) is 1.64. The lowest BCUT2D eigenvalue weighted by molar-refractivity contribution is 0.627. The van der Waals surface area contributed by atoms with Crippen LogP contribution in [0.25, 0.3) is 0 Å². The first kappa shape index (κ1) is 5.84. The van der Waals surface area contributed by atoms with E-state index in [2.05, 4.69) is 5.92 Å². The fraction of sp³-hybridized carbons (Fsp3) is 0. The van der Waals surface area contributed by atoms with Crippen molar-refractivity contribution in [2.75, 3.05) is 0 Å². The molecule has 0 aromatic heterocycles. The molecule has 1 aromatic carbocycles. The standard InChI is InChI=1S/C8H4F/c1-2-7-4-3-5-8(9)6-7/h3-6H. The van der Waals surface area contributed by atoms with Crippen molar-refractivity contribution in [2.45, 2.75) is 0 Å². The Kier molecular flexibility index (Phi) is 1.51. The van der Waals surface area contributed by atoms with Gasteiger partial charge in [-0.25, -0.2) is 4.39 Å². The molecule has 0 N–H and O–H groups in total. The molecule has 0 amide bonds. The van der Waals surface area contributed by atoms with Gasteiger partial charge in [-0.3, -0.25) is 0 Å². The highest BCUT2D eigenvalue weighted by atomic mass is 19.1. The smallest absolute Gasteiger partial charge is 0.124 e. The predicted molar refractivity (Wildman–Crippen MR) is 32.6 cm³/mol. The normalized spacial score (nSPS) is 8.44. The van der Waals surface area contributed by atoms with Crippen LogP contribution in [0.4, 0.5) is 4.39 Å². The zero-order valence-electron chi connectivity index (χ0n) is 4.69. The number of hydrogen-bond acceptors (Lipinski definition) is 0. The molecule has 43 valence electrons. The van der Waals surface area contributed by atoms with Crippen molar-refractivity contribution >= 4 is 0 Å². The molecule has 1 aromatic rings. The lowest BCUT2D eigenvalue weighted by atomic mass is 10.2. The van der Waals surface area contributed by atoms with E-state index < -0.39 is 0 Å². The number of halogens is 1. The fourth-order valence-electron chi connectivity index (χ4n) is 0.566. The van der Waals surface area contributed by atoms with E-state index in [0.717, 1.165) is 0 Å². The van der Waals surface area contributed by atoms with Crippen LogP contribution in [-0.4, -0.2) is 0 Å². The first-order valence-corrected chi connectivity index (χ1v) is 2.51. The average Bonchev–Trinajstić information content (AvgIpc) is 1.88. The summed E-state index contributed by atoms with van der Waals surface area (Å²) in [4.78, 5) is 0. The summed E-state index contributed by atoms with van der Waals surface area (Å²) in [5, 5.41) is 0. The molecule has 1 heteroatoms. The van der Waals surface area contributed by atoms with Gasteiger partial charge in [0.25, 0.3) is 0 Å². The summed E-state index contributed by atoms with van der Waals surface area (Å²) in [6, 6.07) is 5.76.